The molecule has 0 aliphatic heterocycles. The summed E-state index contributed by atoms with van der Waals surface area (Å²) < 4.78 is 5.77. The Bertz CT molecular complexity index is 521. The van der Waals surface area contributed by atoms with E-state index < -0.39 is 0 Å². The average Bonchev–Trinajstić information content (AvgIpc) is 3.26. The number of hydrogen-bond acceptors (Lipinski definition) is 1. The maximum atomic E-state index is 5.87. The van der Waals surface area contributed by atoms with Crippen LogP contribution in [-0.2, 0) is 6.61 Å². The molecular formula is C17H17ClO. The summed E-state index contributed by atoms with van der Waals surface area (Å²) in [7, 11) is 0. The van der Waals surface area contributed by atoms with Crippen LogP contribution in [0.5, 0.6) is 5.75 Å². The fourth-order valence-electron chi connectivity index (χ4n) is 2.38. The molecule has 2 heteroatoms. The minimum absolute atomic E-state index is 0.619. The number of rotatable bonds is 5. The summed E-state index contributed by atoms with van der Waals surface area (Å²) in [6.07, 6.45) is 1.23. The van der Waals surface area contributed by atoms with E-state index in [4.69, 9.17) is 16.3 Å². The standard InChI is InChI=1S/C17H17ClO/c18-11-15-10-17(15)14-6-8-16(9-7-14)19-12-13-4-2-1-3-5-13/h1-9,15,17H,10-12H2. The smallest absolute Gasteiger partial charge is 0.119 e. The Balaban J connectivity index is 1.58. The zero-order chi connectivity index (χ0) is 13.1. The summed E-state index contributed by atoms with van der Waals surface area (Å²) in [5.41, 5.74) is 2.58. The Morgan fingerprint density at radius 2 is 1.74 bits per heavy atom. The van der Waals surface area contributed by atoms with Gasteiger partial charge in [0.1, 0.15) is 12.4 Å². The van der Waals surface area contributed by atoms with Crippen LogP contribution in [0.25, 0.3) is 0 Å². The van der Waals surface area contributed by atoms with Gasteiger partial charge in [-0.05, 0) is 41.5 Å². The molecule has 2 atom stereocenters. The summed E-state index contributed by atoms with van der Waals surface area (Å²) in [4.78, 5) is 0. The van der Waals surface area contributed by atoms with Crippen LogP contribution in [0.3, 0.4) is 0 Å². The quantitative estimate of drug-likeness (QED) is 0.723. The van der Waals surface area contributed by atoms with Crippen molar-refractivity contribution in [3.05, 3.63) is 65.7 Å². The van der Waals surface area contributed by atoms with Gasteiger partial charge < -0.3 is 4.74 Å². The van der Waals surface area contributed by atoms with Crippen LogP contribution in [0, 0.1) is 5.92 Å². The maximum Gasteiger partial charge on any atom is 0.119 e. The van der Waals surface area contributed by atoms with Crippen LogP contribution in [-0.4, -0.2) is 5.88 Å². The molecule has 19 heavy (non-hydrogen) atoms. The van der Waals surface area contributed by atoms with Gasteiger partial charge >= 0.3 is 0 Å². The molecule has 0 saturated heterocycles. The first-order valence-corrected chi connectivity index (χ1v) is 7.23. The fourth-order valence-corrected chi connectivity index (χ4v) is 2.72. The van der Waals surface area contributed by atoms with E-state index in [2.05, 4.69) is 36.4 Å². The topological polar surface area (TPSA) is 9.23 Å². The molecule has 98 valence electrons. The highest BCUT2D eigenvalue weighted by molar-refractivity contribution is 6.18. The molecule has 1 saturated carbocycles. The van der Waals surface area contributed by atoms with E-state index in [1.54, 1.807) is 0 Å². The maximum absolute atomic E-state index is 5.87. The van der Waals surface area contributed by atoms with Crippen molar-refractivity contribution in [1.82, 2.24) is 0 Å². The van der Waals surface area contributed by atoms with Gasteiger partial charge in [0.2, 0.25) is 0 Å². The molecule has 1 aliphatic rings. The zero-order valence-electron chi connectivity index (χ0n) is 10.8. The highest BCUT2D eigenvalue weighted by Gasteiger charge is 2.37. The normalized spacial score (nSPS) is 21.1. The number of ether oxygens (including phenoxy) is 1. The molecule has 3 rings (SSSR count). The molecule has 1 aliphatic carbocycles. The van der Waals surface area contributed by atoms with Gasteiger partial charge in [-0.3, -0.25) is 0 Å². The van der Waals surface area contributed by atoms with Crippen LogP contribution in [0.2, 0.25) is 0 Å². The van der Waals surface area contributed by atoms with Crippen molar-refractivity contribution in [3.8, 4) is 5.75 Å². The van der Waals surface area contributed by atoms with E-state index in [-0.39, 0.29) is 0 Å². The number of halogens is 1. The zero-order valence-corrected chi connectivity index (χ0v) is 11.5. The molecule has 0 amide bonds. The summed E-state index contributed by atoms with van der Waals surface area (Å²) in [6.45, 7) is 0.619. The molecular weight excluding hydrogens is 256 g/mol. The lowest BCUT2D eigenvalue weighted by atomic mass is 10.1. The van der Waals surface area contributed by atoms with E-state index in [0.29, 0.717) is 18.4 Å². The second kappa shape index (κ2) is 5.66. The van der Waals surface area contributed by atoms with Gasteiger partial charge in [0.15, 0.2) is 0 Å². The Kier molecular flexibility index (Phi) is 3.74. The van der Waals surface area contributed by atoms with Crippen molar-refractivity contribution in [2.75, 3.05) is 5.88 Å². The van der Waals surface area contributed by atoms with E-state index >= 15 is 0 Å². The minimum atomic E-state index is 0.619. The van der Waals surface area contributed by atoms with Crippen molar-refractivity contribution >= 4 is 11.6 Å². The Morgan fingerprint density at radius 3 is 2.37 bits per heavy atom. The van der Waals surface area contributed by atoms with Crippen molar-refractivity contribution < 1.29 is 4.74 Å². The van der Waals surface area contributed by atoms with Gasteiger partial charge in [0.25, 0.3) is 0 Å². The lowest BCUT2D eigenvalue weighted by Gasteiger charge is -2.07. The number of alkyl halides is 1. The molecule has 2 unspecified atom stereocenters. The molecule has 0 heterocycles. The first-order valence-electron chi connectivity index (χ1n) is 6.69. The van der Waals surface area contributed by atoms with Crippen LogP contribution < -0.4 is 4.74 Å². The van der Waals surface area contributed by atoms with Gasteiger partial charge in [-0.1, -0.05) is 42.5 Å². The van der Waals surface area contributed by atoms with E-state index in [0.717, 1.165) is 11.6 Å². The number of benzene rings is 2. The van der Waals surface area contributed by atoms with Gasteiger partial charge in [0.05, 0.1) is 0 Å². The highest BCUT2D eigenvalue weighted by Crippen LogP contribution is 2.48. The third-order valence-corrected chi connectivity index (χ3v) is 4.07. The van der Waals surface area contributed by atoms with Gasteiger partial charge in [-0.25, -0.2) is 0 Å². The summed E-state index contributed by atoms with van der Waals surface area (Å²) in [5, 5.41) is 0. The molecule has 2 aromatic carbocycles. The fraction of sp³-hybridized carbons (Fsp3) is 0.294. The largest absolute Gasteiger partial charge is 0.489 e. The van der Waals surface area contributed by atoms with Crippen molar-refractivity contribution in [2.45, 2.75) is 18.9 Å². The summed E-state index contributed by atoms with van der Waals surface area (Å²) >= 11 is 5.87. The van der Waals surface area contributed by atoms with Crippen LogP contribution in [0.1, 0.15) is 23.5 Å². The van der Waals surface area contributed by atoms with Crippen molar-refractivity contribution in [2.24, 2.45) is 5.92 Å². The summed E-state index contributed by atoms with van der Waals surface area (Å²) in [5.74, 6) is 3.05. The number of hydrogen-bond donors (Lipinski definition) is 0. The lowest BCUT2D eigenvalue weighted by Crippen LogP contribution is -1.95. The summed E-state index contributed by atoms with van der Waals surface area (Å²) in [6, 6.07) is 18.7. The van der Waals surface area contributed by atoms with Gasteiger partial charge in [0, 0.05) is 5.88 Å². The SMILES string of the molecule is ClCC1CC1c1ccc(OCc2ccccc2)cc1. The van der Waals surface area contributed by atoms with Crippen molar-refractivity contribution in [1.29, 1.82) is 0 Å². The molecule has 0 spiro atoms. The average molecular weight is 273 g/mol. The Hall–Kier alpha value is -1.47. The predicted octanol–water partition coefficient (Wildman–Crippen LogP) is 4.61. The first-order chi connectivity index (χ1) is 9.36. The van der Waals surface area contributed by atoms with E-state index in [9.17, 15) is 0 Å². The molecule has 1 nitrogen and oxygen atoms in total. The van der Waals surface area contributed by atoms with Crippen molar-refractivity contribution in [3.63, 3.8) is 0 Å². The molecule has 0 N–H and O–H groups in total. The Labute approximate surface area is 119 Å². The first kappa shape index (κ1) is 12.6. The molecule has 1 fully saturated rings. The van der Waals surface area contributed by atoms with Crippen LogP contribution in [0.15, 0.2) is 54.6 Å². The van der Waals surface area contributed by atoms with Gasteiger partial charge in [-0.15, -0.1) is 11.6 Å². The monoisotopic (exact) mass is 272 g/mol. The van der Waals surface area contributed by atoms with Gasteiger partial charge in [-0.2, -0.15) is 0 Å². The predicted molar refractivity (Wildman–Crippen MR) is 78.8 cm³/mol. The van der Waals surface area contributed by atoms with E-state index in [1.807, 2.05) is 18.2 Å². The van der Waals surface area contributed by atoms with Crippen LogP contribution in [0.4, 0.5) is 0 Å². The third-order valence-electron chi connectivity index (χ3n) is 3.68. The highest BCUT2D eigenvalue weighted by atomic mass is 35.5. The second-order valence-electron chi connectivity index (χ2n) is 5.10. The molecule has 0 radical (unpaired) electrons. The molecule has 0 bridgehead atoms. The second-order valence-corrected chi connectivity index (χ2v) is 5.41. The Morgan fingerprint density at radius 1 is 1.00 bits per heavy atom. The molecule has 0 aromatic heterocycles. The van der Waals surface area contributed by atoms with E-state index in [1.165, 1.54) is 17.5 Å². The minimum Gasteiger partial charge on any atom is -0.489 e. The third kappa shape index (κ3) is 3.10. The lowest BCUT2D eigenvalue weighted by molar-refractivity contribution is 0.306. The molecule has 2 aromatic rings. The van der Waals surface area contributed by atoms with Crippen LogP contribution >= 0.6 is 11.6 Å².